The van der Waals surface area contributed by atoms with Gasteiger partial charge >= 0.3 is 0 Å². The van der Waals surface area contributed by atoms with Gasteiger partial charge in [0.25, 0.3) is 0 Å². The van der Waals surface area contributed by atoms with Gasteiger partial charge in [-0.1, -0.05) is 25.1 Å². The molecule has 2 aromatic rings. The topological polar surface area (TPSA) is 65.4 Å². The maximum absolute atomic E-state index is 9.40. The van der Waals surface area contributed by atoms with Crippen molar-refractivity contribution in [2.24, 2.45) is 0 Å². The lowest BCUT2D eigenvalue weighted by molar-refractivity contribution is 0.132. The van der Waals surface area contributed by atoms with Gasteiger partial charge in [0.15, 0.2) is 0 Å². The first-order valence-electron chi connectivity index (χ1n) is 6.09. The van der Waals surface area contributed by atoms with Gasteiger partial charge in [-0.15, -0.1) is 0 Å². The fraction of sp³-hybridized carbons (Fsp3) is 0.357. The summed E-state index contributed by atoms with van der Waals surface area (Å²) in [6.07, 6.45) is 0.620. The molecule has 0 aliphatic rings. The Balaban J connectivity index is 2.31. The van der Waals surface area contributed by atoms with E-state index in [-0.39, 0.29) is 13.2 Å². The fourth-order valence-electron chi connectivity index (χ4n) is 1.85. The Labute approximate surface area is 106 Å². The molecular formula is C14H18N2O2. The van der Waals surface area contributed by atoms with Gasteiger partial charge in [-0.2, -0.15) is 0 Å². The van der Waals surface area contributed by atoms with E-state index in [2.05, 4.69) is 10.3 Å². The molecule has 3 N–H and O–H groups in total. The lowest BCUT2D eigenvalue weighted by atomic mass is 9.98. The van der Waals surface area contributed by atoms with Crippen molar-refractivity contribution in [2.45, 2.75) is 18.9 Å². The van der Waals surface area contributed by atoms with Gasteiger partial charge in [-0.25, -0.2) is 4.98 Å². The summed E-state index contributed by atoms with van der Waals surface area (Å²) in [5.74, 6) is 0.665. The number of para-hydroxylation sites is 1. The number of fused-ring (bicyclic) bond motifs is 1. The van der Waals surface area contributed by atoms with E-state index in [1.807, 2.05) is 43.3 Å². The van der Waals surface area contributed by atoms with Crippen LogP contribution in [0.5, 0.6) is 0 Å². The van der Waals surface area contributed by atoms with Crippen LogP contribution in [0.2, 0.25) is 0 Å². The van der Waals surface area contributed by atoms with Crippen molar-refractivity contribution in [3.63, 3.8) is 0 Å². The van der Waals surface area contributed by atoms with Crippen molar-refractivity contribution in [1.29, 1.82) is 0 Å². The van der Waals surface area contributed by atoms with Gasteiger partial charge in [-0.05, 0) is 24.6 Å². The molecule has 0 fully saturated rings. The lowest BCUT2D eigenvalue weighted by Crippen LogP contribution is -2.45. The van der Waals surface area contributed by atoms with Crippen molar-refractivity contribution >= 4 is 16.7 Å². The highest BCUT2D eigenvalue weighted by atomic mass is 16.3. The first-order valence-corrected chi connectivity index (χ1v) is 6.09. The Morgan fingerprint density at radius 3 is 2.50 bits per heavy atom. The van der Waals surface area contributed by atoms with Crippen LogP contribution in [0.15, 0.2) is 36.4 Å². The van der Waals surface area contributed by atoms with E-state index in [1.165, 1.54) is 0 Å². The first-order chi connectivity index (χ1) is 8.73. The van der Waals surface area contributed by atoms with Crippen LogP contribution in [-0.2, 0) is 0 Å². The second-order valence-electron chi connectivity index (χ2n) is 4.46. The molecule has 0 aliphatic heterocycles. The molecule has 1 aromatic heterocycles. The van der Waals surface area contributed by atoms with Crippen LogP contribution >= 0.6 is 0 Å². The van der Waals surface area contributed by atoms with Crippen molar-refractivity contribution in [2.75, 3.05) is 18.5 Å². The van der Waals surface area contributed by atoms with E-state index >= 15 is 0 Å². The van der Waals surface area contributed by atoms with Gasteiger partial charge in [0.05, 0.1) is 24.3 Å². The number of rotatable bonds is 5. The van der Waals surface area contributed by atoms with E-state index in [0.717, 1.165) is 10.9 Å². The third-order valence-corrected chi connectivity index (χ3v) is 3.27. The summed E-state index contributed by atoms with van der Waals surface area (Å²) in [5, 5.41) is 23.0. The number of pyridine rings is 1. The SMILES string of the molecule is CCC(CO)(CO)Nc1ccc2ccccc2n1. The molecule has 0 saturated heterocycles. The number of benzene rings is 1. The minimum Gasteiger partial charge on any atom is -0.394 e. The molecular weight excluding hydrogens is 228 g/mol. The number of hydrogen-bond acceptors (Lipinski definition) is 4. The van der Waals surface area contributed by atoms with E-state index in [9.17, 15) is 10.2 Å². The monoisotopic (exact) mass is 246 g/mol. The quantitative estimate of drug-likeness (QED) is 0.752. The number of anilines is 1. The zero-order valence-electron chi connectivity index (χ0n) is 10.4. The molecule has 96 valence electrons. The average molecular weight is 246 g/mol. The van der Waals surface area contributed by atoms with Gasteiger partial charge in [0.2, 0.25) is 0 Å². The predicted octanol–water partition coefficient (Wildman–Crippen LogP) is 1.78. The van der Waals surface area contributed by atoms with Crippen LogP contribution in [0.1, 0.15) is 13.3 Å². The van der Waals surface area contributed by atoms with Crippen LogP contribution in [0.4, 0.5) is 5.82 Å². The minimum atomic E-state index is -0.713. The van der Waals surface area contributed by atoms with E-state index in [0.29, 0.717) is 12.2 Å². The van der Waals surface area contributed by atoms with E-state index in [4.69, 9.17) is 0 Å². The molecule has 2 rings (SSSR count). The number of aliphatic hydroxyl groups is 2. The van der Waals surface area contributed by atoms with E-state index in [1.54, 1.807) is 0 Å². The number of nitrogens with zero attached hydrogens (tertiary/aromatic N) is 1. The third-order valence-electron chi connectivity index (χ3n) is 3.27. The van der Waals surface area contributed by atoms with Crippen LogP contribution in [0.3, 0.4) is 0 Å². The smallest absolute Gasteiger partial charge is 0.127 e. The maximum atomic E-state index is 9.40. The van der Waals surface area contributed by atoms with Crippen LogP contribution < -0.4 is 5.32 Å². The molecule has 0 bridgehead atoms. The molecule has 4 nitrogen and oxygen atoms in total. The summed E-state index contributed by atoms with van der Waals surface area (Å²) >= 11 is 0. The molecule has 0 atom stereocenters. The fourth-order valence-corrected chi connectivity index (χ4v) is 1.85. The van der Waals surface area contributed by atoms with Crippen molar-refractivity contribution in [3.8, 4) is 0 Å². The Morgan fingerprint density at radius 1 is 1.11 bits per heavy atom. The van der Waals surface area contributed by atoms with Crippen molar-refractivity contribution in [3.05, 3.63) is 36.4 Å². The molecule has 0 spiro atoms. The molecule has 0 unspecified atom stereocenters. The van der Waals surface area contributed by atoms with Gasteiger partial charge in [-0.3, -0.25) is 0 Å². The predicted molar refractivity (Wildman–Crippen MR) is 72.6 cm³/mol. The highest BCUT2D eigenvalue weighted by molar-refractivity contribution is 5.80. The standard InChI is InChI=1S/C14H18N2O2/c1-2-14(9-17,10-18)16-13-8-7-11-5-3-4-6-12(11)15-13/h3-8,17-18H,2,9-10H2,1H3,(H,15,16). The van der Waals surface area contributed by atoms with Gasteiger partial charge in [0.1, 0.15) is 5.82 Å². The summed E-state index contributed by atoms with van der Waals surface area (Å²) in [6, 6.07) is 11.7. The molecule has 4 heteroatoms. The summed E-state index contributed by atoms with van der Waals surface area (Å²) in [6.45, 7) is 1.66. The minimum absolute atomic E-state index is 0.130. The Morgan fingerprint density at radius 2 is 1.83 bits per heavy atom. The molecule has 0 aliphatic carbocycles. The first kappa shape index (κ1) is 12.8. The van der Waals surface area contributed by atoms with Crippen molar-refractivity contribution in [1.82, 2.24) is 4.98 Å². The molecule has 18 heavy (non-hydrogen) atoms. The Kier molecular flexibility index (Phi) is 3.79. The summed E-state index contributed by atoms with van der Waals surface area (Å²) in [7, 11) is 0. The molecule has 0 radical (unpaired) electrons. The zero-order chi connectivity index (χ0) is 13.0. The van der Waals surface area contributed by atoms with Crippen molar-refractivity contribution < 1.29 is 10.2 Å². The average Bonchev–Trinajstić information content (AvgIpc) is 2.45. The molecule has 0 saturated carbocycles. The third kappa shape index (κ3) is 2.44. The van der Waals surface area contributed by atoms with Crippen LogP contribution in [-0.4, -0.2) is 33.9 Å². The van der Waals surface area contributed by atoms with Crippen LogP contribution in [0.25, 0.3) is 10.9 Å². The van der Waals surface area contributed by atoms with E-state index < -0.39 is 5.54 Å². The Hall–Kier alpha value is -1.65. The van der Waals surface area contributed by atoms with Gasteiger partial charge in [0, 0.05) is 5.39 Å². The number of aliphatic hydroxyl groups excluding tert-OH is 2. The largest absolute Gasteiger partial charge is 0.394 e. The summed E-state index contributed by atoms with van der Waals surface area (Å²) in [4.78, 5) is 4.47. The number of hydrogen-bond donors (Lipinski definition) is 3. The van der Waals surface area contributed by atoms with Gasteiger partial charge < -0.3 is 15.5 Å². The summed E-state index contributed by atoms with van der Waals surface area (Å²) < 4.78 is 0. The maximum Gasteiger partial charge on any atom is 0.127 e. The Bertz CT molecular complexity index is 516. The number of aromatic nitrogens is 1. The zero-order valence-corrected chi connectivity index (χ0v) is 10.4. The highest BCUT2D eigenvalue weighted by Gasteiger charge is 2.26. The molecule has 1 heterocycles. The summed E-state index contributed by atoms with van der Waals surface area (Å²) in [5.41, 5.74) is 0.179. The number of nitrogens with one attached hydrogen (secondary N) is 1. The lowest BCUT2D eigenvalue weighted by Gasteiger charge is -2.30. The normalized spacial score (nSPS) is 11.7. The second-order valence-corrected chi connectivity index (χ2v) is 4.46. The molecule has 1 aromatic carbocycles. The molecule has 0 amide bonds. The highest BCUT2D eigenvalue weighted by Crippen LogP contribution is 2.19. The second kappa shape index (κ2) is 5.33. The van der Waals surface area contributed by atoms with Crippen LogP contribution in [0, 0.1) is 0 Å².